The number of aryl methyl sites for hydroxylation is 1. The van der Waals surface area contributed by atoms with Gasteiger partial charge in [-0.15, -0.1) is 11.3 Å². The summed E-state index contributed by atoms with van der Waals surface area (Å²) in [6, 6.07) is 19.4. The number of piperazine rings is 1. The molecule has 1 aliphatic carbocycles. The van der Waals surface area contributed by atoms with Crippen molar-refractivity contribution in [3.8, 4) is 33.5 Å². The lowest BCUT2D eigenvalue weighted by Gasteiger charge is -2.36. The lowest BCUT2D eigenvalue weighted by Crippen LogP contribution is -2.51. The second-order valence-corrected chi connectivity index (χ2v) is 24.6. The number of hydrogen-bond acceptors (Lipinski definition) is 17. The summed E-state index contributed by atoms with van der Waals surface area (Å²) < 4.78 is 18.5. The maximum absolute atomic E-state index is 14.4. The van der Waals surface area contributed by atoms with E-state index in [4.69, 9.17) is 28.9 Å². The molecule has 81 heavy (non-hydrogen) atoms. The number of aliphatic hydroxyl groups excluding tert-OH is 1. The molecule has 20 heteroatoms. The highest BCUT2D eigenvalue weighted by atomic mass is 32.1. The molecule has 5 aliphatic heterocycles. The van der Waals surface area contributed by atoms with Gasteiger partial charge in [0.05, 0.1) is 56.9 Å². The number of likely N-dealkylation sites (tertiary alicyclic amines) is 1. The van der Waals surface area contributed by atoms with Crippen molar-refractivity contribution in [1.82, 2.24) is 50.8 Å². The van der Waals surface area contributed by atoms with Crippen LogP contribution in [-0.4, -0.2) is 138 Å². The Hall–Kier alpha value is -7.26. The van der Waals surface area contributed by atoms with Crippen molar-refractivity contribution in [2.24, 2.45) is 5.92 Å². The molecule has 0 radical (unpaired) electrons. The van der Waals surface area contributed by atoms with Crippen molar-refractivity contribution < 1.29 is 38.6 Å². The van der Waals surface area contributed by atoms with E-state index in [-0.39, 0.29) is 73.1 Å². The van der Waals surface area contributed by atoms with Gasteiger partial charge in [0, 0.05) is 73.5 Å². The number of nitrogens with one attached hydrogen (secondary N) is 3. The molecule has 5 N–H and O–H groups in total. The number of ether oxygens (including phenoxy) is 2. The van der Waals surface area contributed by atoms with Crippen molar-refractivity contribution >= 4 is 56.7 Å². The minimum absolute atomic E-state index is 0.00929. The van der Waals surface area contributed by atoms with Crippen molar-refractivity contribution in [1.29, 1.82) is 0 Å². The highest BCUT2D eigenvalue weighted by molar-refractivity contribution is 7.13. The maximum atomic E-state index is 14.4. The number of hydrogen-bond donors (Lipinski definition) is 5. The number of phenols is 1. The van der Waals surface area contributed by atoms with Gasteiger partial charge >= 0.3 is 12.1 Å². The molecule has 19 nitrogen and oxygen atoms in total. The minimum atomic E-state index is -0.877. The van der Waals surface area contributed by atoms with Crippen LogP contribution in [0.3, 0.4) is 0 Å². The van der Waals surface area contributed by atoms with Gasteiger partial charge in [-0.25, -0.2) is 9.78 Å². The van der Waals surface area contributed by atoms with Gasteiger partial charge in [0.15, 0.2) is 0 Å². The lowest BCUT2D eigenvalue weighted by atomic mass is 9.79. The number of rotatable bonds is 15. The van der Waals surface area contributed by atoms with Gasteiger partial charge in [-0.2, -0.15) is 9.97 Å². The number of β-amino-alcohol motifs (C(OH)–C–C–N with tert-alkyl or cyclic N) is 1. The molecule has 3 aromatic carbocycles. The number of alkyl carbamates (subject to hydrolysis) is 1. The number of benzene rings is 3. The zero-order chi connectivity index (χ0) is 55.8. The van der Waals surface area contributed by atoms with Gasteiger partial charge in [0.1, 0.15) is 48.2 Å². The van der Waals surface area contributed by atoms with Gasteiger partial charge in [0.2, 0.25) is 11.8 Å². The average molecular weight is 1120 g/mol. The molecular formula is C61H69N11O8S. The first kappa shape index (κ1) is 53.1. The number of anilines is 1. The van der Waals surface area contributed by atoms with E-state index in [0.29, 0.717) is 36.2 Å². The summed E-state index contributed by atoms with van der Waals surface area (Å²) in [4.78, 5) is 68.9. The fraction of sp³-hybridized carbons (Fsp3) is 0.475. The van der Waals surface area contributed by atoms with E-state index in [2.05, 4.69) is 48.9 Å². The smallest absolute Gasteiger partial charge is 0.407 e. The SMILES string of the molecule is Cc1ncsc1-c1ccc([C@H](C)NC(=O)[C@@H]2C[C@@H](O)CN2C(=O)[C@@H](c2cc(CNC(=O)OC[C@@H]3CC[C@]4(COc5nc(N6CC7CCC(C6)N7)c6cnc7c(c6n5)C(C)c5cccc6cc(O)cc-7c56)CCCN34)no2)C(C)C)cc1. The van der Waals surface area contributed by atoms with Crippen LogP contribution in [0, 0.1) is 12.8 Å². The number of nitrogens with zero attached hydrogens (tertiary/aromatic N) is 8. The molecule has 5 saturated heterocycles. The van der Waals surface area contributed by atoms with Crippen LogP contribution in [0.4, 0.5) is 10.6 Å². The third kappa shape index (κ3) is 9.80. The van der Waals surface area contributed by atoms with Crippen LogP contribution in [0.2, 0.25) is 0 Å². The van der Waals surface area contributed by atoms with Crippen LogP contribution in [0.5, 0.6) is 11.8 Å². The normalized spacial score (nSPS) is 24.6. The monoisotopic (exact) mass is 1120 g/mol. The van der Waals surface area contributed by atoms with E-state index in [1.54, 1.807) is 17.4 Å². The second-order valence-electron chi connectivity index (χ2n) is 23.7. The average Bonchev–Trinajstić information content (AvgIpc) is 4.52. The number of phenolic OH excluding ortho intramolecular Hbond substituents is 1. The van der Waals surface area contributed by atoms with Crippen LogP contribution >= 0.6 is 11.3 Å². The van der Waals surface area contributed by atoms with Crippen molar-refractivity contribution in [2.75, 3.05) is 44.3 Å². The van der Waals surface area contributed by atoms with E-state index in [0.717, 1.165) is 124 Å². The molecule has 422 valence electrons. The molecule has 3 unspecified atom stereocenters. The molecule has 5 fully saturated rings. The number of pyridine rings is 1. The molecular weight excluding hydrogens is 1050 g/mol. The highest BCUT2D eigenvalue weighted by Crippen LogP contribution is 2.49. The third-order valence-corrected chi connectivity index (χ3v) is 19.2. The first-order valence-corrected chi connectivity index (χ1v) is 29.6. The Balaban J connectivity index is 0.648. The van der Waals surface area contributed by atoms with E-state index < -0.39 is 24.2 Å². The van der Waals surface area contributed by atoms with Gasteiger partial charge in [-0.05, 0) is 104 Å². The molecule has 9 heterocycles. The van der Waals surface area contributed by atoms with Crippen LogP contribution < -0.4 is 25.6 Å². The molecule has 7 aromatic rings. The zero-order valence-electron chi connectivity index (χ0n) is 46.4. The molecule has 4 aromatic heterocycles. The van der Waals surface area contributed by atoms with Crippen LogP contribution in [0.15, 0.2) is 76.9 Å². The van der Waals surface area contributed by atoms with Crippen LogP contribution in [-0.2, 0) is 20.9 Å². The Labute approximate surface area is 473 Å². The van der Waals surface area contributed by atoms with E-state index in [1.807, 2.05) is 87.9 Å². The van der Waals surface area contributed by atoms with Crippen molar-refractivity contribution in [3.05, 3.63) is 106 Å². The molecule has 13 rings (SSSR count). The topological polar surface area (TPSA) is 234 Å². The predicted molar refractivity (Wildman–Crippen MR) is 306 cm³/mol. The first-order chi connectivity index (χ1) is 39.2. The third-order valence-electron chi connectivity index (χ3n) is 18.2. The molecule has 6 aliphatic rings. The van der Waals surface area contributed by atoms with E-state index in [9.17, 15) is 24.6 Å². The minimum Gasteiger partial charge on any atom is -0.508 e. The number of amides is 3. The Bertz CT molecular complexity index is 3560. The van der Waals surface area contributed by atoms with Crippen molar-refractivity contribution in [2.45, 2.75) is 140 Å². The molecule has 3 amide bonds. The van der Waals surface area contributed by atoms with Gasteiger partial charge in [-0.3, -0.25) is 19.5 Å². The second kappa shape index (κ2) is 21.2. The molecule has 0 spiro atoms. The zero-order valence-corrected chi connectivity index (χ0v) is 47.2. The fourth-order valence-corrected chi connectivity index (χ4v) is 15.0. The van der Waals surface area contributed by atoms with E-state index in [1.165, 1.54) is 10.5 Å². The summed E-state index contributed by atoms with van der Waals surface area (Å²) in [6.45, 7) is 13.0. The first-order valence-electron chi connectivity index (χ1n) is 28.7. The van der Waals surface area contributed by atoms with Gasteiger partial charge < -0.3 is 50.0 Å². The maximum Gasteiger partial charge on any atom is 0.407 e. The highest BCUT2D eigenvalue weighted by Gasteiger charge is 2.51. The van der Waals surface area contributed by atoms with Gasteiger partial charge in [0.25, 0.3) is 0 Å². The van der Waals surface area contributed by atoms with Gasteiger partial charge in [-0.1, -0.05) is 68.4 Å². The largest absolute Gasteiger partial charge is 0.508 e. The molecule has 2 bridgehead atoms. The summed E-state index contributed by atoms with van der Waals surface area (Å²) in [5.74, 6) is -0.412. The summed E-state index contributed by atoms with van der Waals surface area (Å²) in [7, 11) is 0. The summed E-state index contributed by atoms with van der Waals surface area (Å²) >= 11 is 1.58. The molecule has 0 saturated carbocycles. The van der Waals surface area contributed by atoms with Crippen LogP contribution in [0.25, 0.3) is 43.4 Å². The number of aromatic nitrogens is 5. The Morgan fingerprint density at radius 1 is 0.988 bits per heavy atom. The standard InChI is InChI=1S/C61H69N11O8S/c1-32(2)50(58(76)71-28-44(74)23-48(71)57(75)65-34(4)36-10-12-37(13-11-36)55-35(5)64-31-81-55)49-21-41(69-80-49)24-63-60(77)78-29-42-16-18-61(17-7-19-72(42)61)30-79-59-67-54-47(56(68-59)70-26-39-14-15-40(27-70)66-39)25-62-53-46-22-43(73)20-38-8-6-9-45(52(38)46)33(3)51(53)54/h6,8-13,20-22,25,31-34,39-40,42,44,48,50,66,73-74H,7,14-19,23-24,26-30H2,1-5H3,(H,63,77)(H,65,75)/t33?,34-,39?,40?,42-,44+,48-,50+,61-/m0/s1. The number of carbonyl (C=O) groups excluding carboxylic acids is 3. The number of aliphatic hydroxyl groups is 1. The lowest BCUT2D eigenvalue weighted by molar-refractivity contribution is -0.141. The Morgan fingerprint density at radius 3 is 2.58 bits per heavy atom. The summed E-state index contributed by atoms with van der Waals surface area (Å²) in [5.41, 5.74) is 9.58. The predicted octanol–water partition coefficient (Wildman–Crippen LogP) is 8.26. The molecule has 9 atom stereocenters. The van der Waals surface area contributed by atoms with E-state index >= 15 is 0 Å². The Kier molecular flexibility index (Phi) is 13.9. The quantitative estimate of drug-likeness (QED) is 0.0650. The number of thiazole rings is 1. The van der Waals surface area contributed by atoms with Crippen LogP contribution in [0.1, 0.15) is 124 Å². The number of carbonyl (C=O) groups is 3. The number of fused-ring (bicyclic) bond motifs is 7. The number of aromatic hydroxyl groups is 1. The summed E-state index contributed by atoms with van der Waals surface area (Å²) in [5, 5.41) is 38.5. The Morgan fingerprint density at radius 2 is 1.80 bits per heavy atom. The van der Waals surface area contributed by atoms with Crippen molar-refractivity contribution in [3.63, 3.8) is 0 Å². The fourth-order valence-electron chi connectivity index (χ4n) is 14.2. The summed E-state index contributed by atoms with van der Waals surface area (Å²) in [6.07, 6.45) is 6.43.